The Balaban J connectivity index is 1.94. The predicted octanol–water partition coefficient (Wildman–Crippen LogP) is 6.39. The number of rotatable bonds is 8. The molecule has 0 aliphatic heterocycles. The molecule has 0 saturated heterocycles. The molecule has 0 spiro atoms. The summed E-state index contributed by atoms with van der Waals surface area (Å²) < 4.78 is 0. The number of nitrogens with zero attached hydrogens (tertiary/aromatic N) is 1. The molecular formula is C34H26NO3P. The van der Waals surface area contributed by atoms with Crippen molar-refractivity contribution in [2.45, 2.75) is 0 Å². The number of hydrogen-bond donors (Lipinski definition) is 0. The lowest BCUT2D eigenvalue weighted by Gasteiger charge is -2.32. The highest BCUT2D eigenvalue weighted by molar-refractivity contribution is 7.96. The molecule has 0 amide bonds. The van der Waals surface area contributed by atoms with Crippen LogP contribution in [0.25, 0.3) is 6.08 Å². The van der Waals surface area contributed by atoms with Gasteiger partial charge in [-0.3, -0.25) is 14.9 Å². The maximum Gasteiger partial charge on any atom is 0.269 e. The molecule has 5 rings (SSSR count). The van der Waals surface area contributed by atoms with E-state index >= 15 is 0 Å². The van der Waals surface area contributed by atoms with Gasteiger partial charge in [-0.05, 0) is 52.1 Å². The van der Waals surface area contributed by atoms with Crippen LogP contribution in [0, 0.1) is 10.1 Å². The van der Waals surface area contributed by atoms with E-state index in [1.54, 1.807) is 18.2 Å². The van der Waals surface area contributed by atoms with Crippen molar-refractivity contribution < 1.29 is 9.72 Å². The fourth-order valence-corrected chi connectivity index (χ4v) is 9.32. The highest BCUT2D eigenvalue weighted by atomic mass is 31.2. The van der Waals surface area contributed by atoms with Crippen LogP contribution in [-0.4, -0.2) is 16.0 Å². The summed E-state index contributed by atoms with van der Waals surface area (Å²) in [7, 11) is 0. The van der Waals surface area contributed by atoms with Crippen LogP contribution in [0.15, 0.2) is 152 Å². The Morgan fingerprint density at radius 1 is 0.590 bits per heavy atom. The molecule has 39 heavy (non-hydrogen) atoms. The minimum absolute atomic E-state index is 0.0200. The van der Waals surface area contributed by atoms with Gasteiger partial charge in [0.25, 0.3) is 5.69 Å². The number of nitro groups is 1. The average Bonchev–Trinajstić information content (AvgIpc) is 3.00. The number of hydrogen-bond acceptors (Lipinski definition) is 3. The smallest absolute Gasteiger partial charge is 0.269 e. The van der Waals surface area contributed by atoms with E-state index in [4.69, 9.17) is 0 Å². The minimum atomic E-state index is -2.76. The first-order valence-electron chi connectivity index (χ1n) is 12.6. The van der Waals surface area contributed by atoms with Crippen LogP contribution < -0.4 is 15.9 Å². The van der Waals surface area contributed by atoms with Crippen LogP contribution in [0.5, 0.6) is 0 Å². The van der Waals surface area contributed by atoms with Crippen molar-refractivity contribution in [2.75, 3.05) is 0 Å². The lowest BCUT2D eigenvalue weighted by Crippen LogP contribution is -2.33. The number of carbonyl (C=O) groups is 1. The summed E-state index contributed by atoms with van der Waals surface area (Å²) in [6.07, 6.45) is 3.44. The predicted molar refractivity (Wildman–Crippen MR) is 163 cm³/mol. The molecule has 0 N–H and O–H groups in total. The highest BCUT2D eigenvalue weighted by Crippen LogP contribution is 2.48. The second kappa shape index (κ2) is 11.7. The Morgan fingerprint density at radius 3 is 1.41 bits per heavy atom. The van der Waals surface area contributed by atoms with Gasteiger partial charge in [-0.15, -0.1) is 0 Å². The van der Waals surface area contributed by atoms with Crippen molar-refractivity contribution in [2.24, 2.45) is 0 Å². The summed E-state index contributed by atoms with van der Waals surface area (Å²) >= 11 is 0. The third kappa shape index (κ3) is 5.29. The van der Waals surface area contributed by atoms with Crippen molar-refractivity contribution in [1.82, 2.24) is 0 Å². The zero-order valence-electron chi connectivity index (χ0n) is 21.1. The third-order valence-electron chi connectivity index (χ3n) is 6.58. The summed E-state index contributed by atoms with van der Waals surface area (Å²) in [5, 5.41) is 15.2. The van der Waals surface area contributed by atoms with Crippen molar-refractivity contribution in [3.63, 3.8) is 0 Å². The molecule has 0 fully saturated rings. The number of benzene rings is 5. The Bertz CT molecular complexity index is 1560. The second-order valence-corrected chi connectivity index (χ2v) is 12.3. The number of nitro benzene ring substituents is 1. The first-order chi connectivity index (χ1) is 19.1. The average molecular weight is 528 g/mol. The SMILES string of the molecule is O=C(/C=C/c1ccccc1)C(c1ccc([N+](=O)[O-])cc1)=P(c1ccccc1)(c1ccccc1)c1ccccc1. The lowest BCUT2D eigenvalue weighted by molar-refractivity contribution is -0.384. The fraction of sp³-hybridized carbons (Fsp3) is 0. The zero-order chi connectivity index (χ0) is 27.1. The zero-order valence-corrected chi connectivity index (χ0v) is 22.0. The van der Waals surface area contributed by atoms with E-state index in [9.17, 15) is 14.9 Å². The normalized spacial score (nSPS) is 11.3. The molecule has 0 heterocycles. The Morgan fingerprint density at radius 2 is 1.00 bits per heavy atom. The number of allylic oxidation sites excluding steroid dienone is 1. The van der Waals surface area contributed by atoms with E-state index in [1.165, 1.54) is 12.1 Å². The van der Waals surface area contributed by atoms with Crippen LogP contribution in [0.3, 0.4) is 0 Å². The van der Waals surface area contributed by atoms with Crippen molar-refractivity contribution in [3.8, 4) is 0 Å². The number of carbonyl (C=O) groups excluding carboxylic acids is 1. The van der Waals surface area contributed by atoms with Gasteiger partial charge in [0.05, 0.1) is 4.92 Å². The van der Waals surface area contributed by atoms with Gasteiger partial charge in [-0.1, -0.05) is 127 Å². The van der Waals surface area contributed by atoms with Gasteiger partial charge in [-0.2, -0.15) is 0 Å². The second-order valence-electron chi connectivity index (χ2n) is 8.94. The van der Waals surface area contributed by atoms with Crippen molar-refractivity contribution in [1.29, 1.82) is 0 Å². The lowest BCUT2D eigenvalue weighted by atomic mass is 10.1. The van der Waals surface area contributed by atoms with Crippen LogP contribution in [0.4, 0.5) is 5.69 Å². The quantitative estimate of drug-likeness (QED) is 0.102. The minimum Gasteiger partial charge on any atom is -0.289 e. The van der Waals surface area contributed by atoms with E-state index in [0.29, 0.717) is 10.9 Å². The Labute approximate surface area is 228 Å². The maximum atomic E-state index is 14.5. The molecular weight excluding hydrogens is 501 g/mol. The summed E-state index contributed by atoms with van der Waals surface area (Å²) in [4.78, 5) is 25.5. The summed E-state index contributed by atoms with van der Waals surface area (Å²) in [5.41, 5.74) is 1.55. The van der Waals surface area contributed by atoms with Crippen LogP contribution in [0.1, 0.15) is 11.1 Å². The van der Waals surface area contributed by atoms with Gasteiger partial charge in [0.1, 0.15) is 0 Å². The fourth-order valence-electron chi connectivity index (χ4n) is 4.85. The van der Waals surface area contributed by atoms with Gasteiger partial charge in [0, 0.05) is 17.4 Å². The molecule has 0 bridgehead atoms. The molecule has 0 atom stereocenters. The van der Waals surface area contributed by atoms with E-state index < -0.39 is 11.8 Å². The first kappa shape index (κ1) is 25.8. The molecule has 0 aliphatic rings. The maximum absolute atomic E-state index is 14.5. The molecule has 5 aromatic rings. The molecule has 0 radical (unpaired) electrons. The summed E-state index contributed by atoms with van der Waals surface area (Å²) in [6.45, 7) is -2.76. The molecule has 4 nitrogen and oxygen atoms in total. The number of ketones is 1. The van der Waals surface area contributed by atoms with E-state index in [0.717, 1.165) is 21.5 Å². The Hall–Kier alpha value is -4.79. The summed E-state index contributed by atoms with van der Waals surface area (Å²) in [6, 6.07) is 46.4. The van der Waals surface area contributed by atoms with E-state index in [-0.39, 0.29) is 11.5 Å². The highest BCUT2D eigenvalue weighted by Gasteiger charge is 2.33. The van der Waals surface area contributed by atoms with Gasteiger partial charge in [0.15, 0.2) is 5.78 Å². The third-order valence-corrected chi connectivity index (χ3v) is 10.9. The first-order valence-corrected chi connectivity index (χ1v) is 14.4. The van der Waals surface area contributed by atoms with E-state index in [2.05, 4.69) is 36.4 Å². The van der Waals surface area contributed by atoms with Crippen LogP contribution >= 0.6 is 6.89 Å². The number of non-ortho nitro benzene ring substituents is 1. The largest absolute Gasteiger partial charge is 0.289 e. The topological polar surface area (TPSA) is 60.2 Å². The van der Waals surface area contributed by atoms with Crippen molar-refractivity contribution in [3.05, 3.63) is 173 Å². The van der Waals surface area contributed by atoms with Crippen LogP contribution in [0.2, 0.25) is 0 Å². The molecule has 5 heteroatoms. The molecule has 5 aromatic carbocycles. The molecule has 0 aromatic heterocycles. The van der Waals surface area contributed by atoms with Crippen LogP contribution in [-0.2, 0) is 4.79 Å². The monoisotopic (exact) mass is 527 g/mol. The van der Waals surface area contributed by atoms with E-state index in [1.807, 2.05) is 91.0 Å². The molecule has 0 saturated carbocycles. The standard InChI is InChI=1S/C34H26NO3P/c36-33(26-21-27-13-5-1-6-14-27)34(28-22-24-29(25-23-28)35(37)38)39(30-15-7-2-8-16-30,31-17-9-3-10-18-31)32-19-11-4-12-20-32/h1-26H/b26-21+. The summed E-state index contributed by atoms with van der Waals surface area (Å²) in [5.74, 6) is -0.141. The van der Waals surface area contributed by atoms with Crippen molar-refractivity contribution >= 4 is 45.6 Å². The van der Waals surface area contributed by atoms with Gasteiger partial charge in [0.2, 0.25) is 0 Å². The van der Waals surface area contributed by atoms with Gasteiger partial charge in [-0.25, -0.2) is 0 Å². The molecule has 190 valence electrons. The van der Waals surface area contributed by atoms with Gasteiger partial charge >= 0.3 is 0 Å². The molecule has 0 aliphatic carbocycles. The van der Waals surface area contributed by atoms with Gasteiger partial charge < -0.3 is 0 Å². The Kier molecular flexibility index (Phi) is 7.77. The molecule has 0 unspecified atom stereocenters.